The number of rotatable bonds is 9. The molecule has 6 heteroatoms. The van der Waals surface area contributed by atoms with Crippen LogP contribution in [0.4, 0.5) is 0 Å². The van der Waals surface area contributed by atoms with Crippen molar-refractivity contribution in [3.63, 3.8) is 0 Å². The zero-order chi connectivity index (χ0) is 18.4. The highest BCUT2D eigenvalue weighted by atomic mass is 32.2. The van der Waals surface area contributed by atoms with E-state index in [4.69, 9.17) is 5.11 Å². The second-order valence-corrected chi connectivity index (χ2v) is 7.24. The first-order chi connectivity index (χ1) is 12.6. The third-order valence-corrected chi connectivity index (χ3v) is 5.12. The number of aryl methyl sites for hydroxylation is 1. The lowest BCUT2D eigenvalue weighted by Crippen LogP contribution is -2.20. The molecular formula is C20H23N3O2S. The minimum absolute atomic E-state index is 0.0250. The Bertz CT molecular complexity index is 864. The van der Waals surface area contributed by atoms with Crippen molar-refractivity contribution in [3.05, 3.63) is 60.2 Å². The van der Waals surface area contributed by atoms with Crippen molar-refractivity contribution in [1.29, 1.82) is 0 Å². The Morgan fingerprint density at radius 3 is 2.65 bits per heavy atom. The van der Waals surface area contributed by atoms with Crippen LogP contribution in [0.5, 0.6) is 0 Å². The first-order valence-electron chi connectivity index (χ1n) is 8.66. The van der Waals surface area contributed by atoms with Crippen LogP contribution in [0, 0.1) is 0 Å². The van der Waals surface area contributed by atoms with Gasteiger partial charge >= 0.3 is 5.97 Å². The molecule has 1 N–H and O–H groups in total. The van der Waals surface area contributed by atoms with E-state index in [1.165, 1.54) is 17.3 Å². The first kappa shape index (κ1) is 18.5. The highest BCUT2D eigenvalue weighted by Gasteiger charge is 2.12. The number of para-hydroxylation sites is 2. The monoisotopic (exact) mass is 369 g/mol. The molecule has 0 fully saturated rings. The molecule has 0 aliphatic carbocycles. The number of hydrogen-bond donors (Lipinski definition) is 1. The fourth-order valence-corrected chi connectivity index (χ4v) is 3.74. The van der Waals surface area contributed by atoms with E-state index in [0.29, 0.717) is 0 Å². The number of carboxylic acid groups (broad SMARTS) is 1. The molecule has 0 aliphatic heterocycles. The van der Waals surface area contributed by atoms with Crippen LogP contribution >= 0.6 is 11.8 Å². The third kappa shape index (κ3) is 4.86. The van der Waals surface area contributed by atoms with Gasteiger partial charge in [-0.05, 0) is 37.7 Å². The van der Waals surface area contributed by atoms with Crippen LogP contribution in [0.1, 0.15) is 12.0 Å². The molecule has 136 valence electrons. The van der Waals surface area contributed by atoms with Gasteiger partial charge in [0.2, 0.25) is 0 Å². The highest BCUT2D eigenvalue weighted by molar-refractivity contribution is 7.99. The fraction of sp³-hybridized carbons (Fsp3) is 0.300. The van der Waals surface area contributed by atoms with Gasteiger partial charge in [-0.2, -0.15) is 0 Å². The summed E-state index contributed by atoms with van der Waals surface area (Å²) in [5.74, 6) is -0.798. The number of aliphatic carboxylic acids is 1. The maximum atomic E-state index is 10.9. The van der Waals surface area contributed by atoms with Gasteiger partial charge in [0.05, 0.1) is 16.8 Å². The van der Waals surface area contributed by atoms with E-state index in [1.54, 1.807) is 0 Å². The summed E-state index contributed by atoms with van der Waals surface area (Å²) < 4.78 is 2.14. The number of benzene rings is 2. The van der Waals surface area contributed by atoms with Gasteiger partial charge in [-0.15, -0.1) is 0 Å². The molecule has 5 nitrogen and oxygen atoms in total. The van der Waals surface area contributed by atoms with E-state index < -0.39 is 5.97 Å². The molecule has 1 heterocycles. The van der Waals surface area contributed by atoms with Gasteiger partial charge in [0, 0.05) is 13.1 Å². The van der Waals surface area contributed by atoms with Crippen LogP contribution in [-0.2, 0) is 17.9 Å². The van der Waals surface area contributed by atoms with Crippen molar-refractivity contribution in [2.75, 3.05) is 19.3 Å². The van der Waals surface area contributed by atoms with Crippen LogP contribution in [0.3, 0.4) is 0 Å². The maximum absolute atomic E-state index is 10.9. The molecule has 0 saturated heterocycles. The summed E-state index contributed by atoms with van der Waals surface area (Å²) >= 11 is 1.28. The molecule has 0 atom stereocenters. The Morgan fingerprint density at radius 1 is 1.15 bits per heavy atom. The normalized spacial score (nSPS) is 11.3. The molecule has 3 rings (SSSR count). The van der Waals surface area contributed by atoms with Crippen LogP contribution in [0.25, 0.3) is 11.0 Å². The van der Waals surface area contributed by atoms with E-state index in [9.17, 15) is 4.79 Å². The van der Waals surface area contributed by atoms with Crippen molar-refractivity contribution in [2.45, 2.75) is 24.7 Å². The molecular weight excluding hydrogens is 346 g/mol. The summed E-state index contributed by atoms with van der Waals surface area (Å²) in [4.78, 5) is 17.8. The lowest BCUT2D eigenvalue weighted by Gasteiger charge is -2.17. The second kappa shape index (κ2) is 8.87. The summed E-state index contributed by atoms with van der Waals surface area (Å²) in [7, 11) is 2.12. The SMILES string of the molecule is CN(CCCn1c(SCC(=O)O)nc2ccccc21)Cc1ccccc1. The van der Waals surface area contributed by atoms with Gasteiger partial charge in [0.25, 0.3) is 0 Å². The number of fused-ring (bicyclic) bond motifs is 1. The largest absolute Gasteiger partial charge is 0.481 e. The lowest BCUT2D eigenvalue weighted by atomic mass is 10.2. The van der Waals surface area contributed by atoms with Crippen LogP contribution in [0.2, 0.25) is 0 Å². The number of hydrogen-bond acceptors (Lipinski definition) is 4. The Labute approximate surface area is 157 Å². The third-order valence-electron chi connectivity index (χ3n) is 4.16. The molecule has 0 unspecified atom stereocenters. The van der Waals surface area contributed by atoms with Gasteiger partial charge in [-0.3, -0.25) is 4.79 Å². The molecule has 26 heavy (non-hydrogen) atoms. The number of aromatic nitrogens is 2. The molecule has 0 radical (unpaired) electrons. The van der Waals surface area contributed by atoms with Gasteiger partial charge in [-0.25, -0.2) is 4.98 Å². The highest BCUT2D eigenvalue weighted by Crippen LogP contribution is 2.24. The molecule has 0 amide bonds. The topological polar surface area (TPSA) is 58.4 Å². The van der Waals surface area contributed by atoms with Crippen molar-refractivity contribution >= 4 is 28.8 Å². The van der Waals surface area contributed by atoms with Gasteiger partial charge in [0.1, 0.15) is 0 Å². The number of imidazole rings is 1. The standard InChI is InChI=1S/C20H23N3O2S/c1-22(14-16-8-3-2-4-9-16)12-7-13-23-18-11-6-5-10-17(18)21-20(23)26-15-19(24)25/h2-6,8-11H,7,12-15H2,1H3,(H,24,25). The molecule has 2 aromatic carbocycles. The predicted octanol–water partition coefficient (Wildman–Crippen LogP) is 3.74. The number of thioether (sulfide) groups is 1. The predicted molar refractivity (Wildman–Crippen MR) is 105 cm³/mol. The van der Waals surface area contributed by atoms with E-state index in [2.05, 4.69) is 45.8 Å². The average molecular weight is 369 g/mol. The van der Waals surface area contributed by atoms with Crippen molar-refractivity contribution in [2.24, 2.45) is 0 Å². The zero-order valence-electron chi connectivity index (χ0n) is 14.8. The first-order valence-corrected chi connectivity index (χ1v) is 9.64. The molecule has 0 aliphatic rings. The smallest absolute Gasteiger partial charge is 0.313 e. The van der Waals surface area contributed by atoms with E-state index in [-0.39, 0.29) is 5.75 Å². The molecule has 0 saturated carbocycles. The molecule has 0 spiro atoms. The van der Waals surface area contributed by atoms with Gasteiger partial charge < -0.3 is 14.6 Å². The summed E-state index contributed by atoms with van der Waals surface area (Å²) in [6.45, 7) is 2.71. The maximum Gasteiger partial charge on any atom is 0.313 e. The average Bonchev–Trinajstić information content (AvgIpc) is 2.99. The van der Waals surface area contributed by atoms with Crippen molar-refractivity contribution in [3.8, 4) is 0 Å². The number of nitrogens with zero attached hydrogens (tertiary/aromatic N) is 3. The lowest BCUT2D eigenvalue weighted by molar-refractivity contribution is -0.133. The quantitative estimate of drug-likeness (QED) is 0.582. The summed E-state index contributed by atoms with van der Waals surface area (Å²) in [5.41, 5.74) is 3.28. The van der Waals surface area contributed by atoms with E-state index in [1.807, 2.05) is 30.3 Å². The Morgan fingerprint density at radius 2 is 1.88 bits per heavy atom. The summed E-state index contributed by atoms with van der Waals surface area (Å²) in [6.07, 6.45) is 0.977. The van der Waals surface area contributed by atoms with E-state index >= 15 is 0 Å². The van der Waals surface area contributed by atoms with Crippen LogP contribution in [-0.4, -0.2) is 44.9 Å². The molecule has 0 bridgehead atoms. The second-order valence-electron chi connectivity index (χ2n) is 6.29. The van der Waals surface area contributed by atoms with E-state index in [0.717, 1.165) is 42.2 Å². The Hall–Kier alpha value is -2.31. The van der Waals surface area contributed by atoms with Crippen LogP contribution in [0.15, 0.2) is 59.8 Å². The van der Waals surface area contributed by atoms with Gasteiger partial charge in [0.15, 0.2) is 5.16 Å². The molecule has 3 aromatic rings. The van der Waals surface area contributed by atoms with Crippen LogP contribution < -0.4 is 0 Å². The minimum atomic E-state index is -0.823. The van der Waals surface area contributed by atoms with Gasteiger partial charge in [-0.1, -0.05) is 54.2 Å². The Balaban J connectivity index is 1.63. The zero-order valence-corrected chi connectivity index (χ0v) is 15.7. The number of carbonyl (C=O) groups is 1. The number of carboxylic acids is 1. The summed E-state index contributed by atoms with van der Waals surface area (Å²) in [6, 6.07) is 18.4. The Kier molecular flexibility index (Phi) is 6.30. The van der Waals surface area contributed by atoms with Crippen molar-refractivity contribution < 1.29 is 9.90 Å². The summed E-state index contributed by atoms with van der Waals surface area (Å²) in [5, 5.41) is 9.74. The molecule has 1 aromatic heterocycles. The fourth-order valence-electron chi connectivity index (χ4n) is 2.98. The minimum Gasteiger partial charge on any atom is -0.481 e. The van der Waals surface area contributed by atoms with Crippen molar-refractivity contribution in [1.82, 2.24) is 14.5 Å².